The summed E-state index contributed by atoms with van der Waals surface area (Å²) in [6, 6.07) is 35.0. The lowest BCUT2D eigenvalue weighted by atomic mass is 9.85. The minimum absolute atomic E-state index is 0.0227. The van der Waals surface area contributed by atoms with Crippen molar-refractivity contribution in [2.24, 2.45) is 0 Å². The highest BCUT2D eigenvalue weighted by Crippen LogP contribution is 2.41. The number of phenolic OH excluding ortho intramolecular Hbond substituents is 1. The highest BCUT2D eigenvalue weighted by Gasteiger charge is 2.20. The molecule has 0 amide bonds. The van der Waals surface area contributed by atoms with Gasteiger partial charge in [-0.25, -0.2) is 4.98 Å². The number of benzene rings is 4. The van der Waals surface area contributed by atoms with E-state index >= 15 is 0 Å². The molecule has 186 valence electrons. The molecular formula is C34H28N2OS. The first-order valence-corrected chi connectivity index (χ1v) is 13.5. The van der Waals surface area contributed by atoms with Crippen molar-refractivity contribution in [3.8, 4) is 49.8 Å². The molecule has 4 aromatic carbocycles. The zero-order chi connectivity index (χ0) is 26.3. The number of pyridine rings is 1. The quantitative estimate of drug-likeness (QED) is 0.256. The number of hydrogen-bond donors (Lipinski definition) is 1. The van der Waals surface area contributed by atoms with Crippen LogP contribution >= 0.6 is 11.3 Å². The fraction of sp³-hybridized carbons (Fsp3) is 0.118. The van der Waals surface area contributed by atoms with Crippen molar-refractivity contribution >= 4 is 21.6 Å². The number of aromatic hydroxyl groups is 1. The summed E-state index contributed by atoms with van der Waals surface area (Å²) in [4.78, 5) is 9.74. The van der Waals surface area contributed by atoms with E-state index in [0.717, 1.165) is 48.7 Å². The van der Waals surface area contributed by atoms with E-state index in [1.54, 1.807) is 17.4 Å². The molecule has 4 heteroatoms. The van der Waals surface area contributed by atoms with E-state index < -0.39 is 0 Å². The Labute approximate surface area is 227 Å². The maximum absolute atomic E-state index is 10.5. The van der Waals surface area contributed by atoms with Crippen LogP contribution in [0.5, 0.6) is 5.75 Å². The maximum Gasteiger partial charge on any atom is 0.128 e. The van der Waals surface area contributed by atoms with E-state index in [-0.39, 0.29) is 11.2 Å². The molecule has 0 aliphatic rings. The predicted molar refractivity (Wildman–Crippen MR) is 160 cm³/mol. The summed E-state index contributed by atoms with van der Waals surface area (Å²) in [5, 5.41) is 11.3. The van der Waals surface area contributed by atoms with E-state index in [1.807, 2.05) is 30.5 Å². The Bertz CT molecular complexity index is 1760. The Balaban J connectivity index is 1.50. The van der Waals surface area contributed by atoms with Gasteiger partial charge in [0.15, 0.2) is 0 Å². The summed E-state index contributed by atoms with van der Waals surface area (Å²) in [6.07, 6.45) is 1.88. The van der Waals surface area contributed by atoms with Gasteiger partial charge in [0.1, 0.15) is 10.8 Å². The van der Waals surface area contributed by atoms with Crippen LogP contribution in [0.2, 0.25) is 0 Å². The largest absolute Gasteiger partial charge is 0.507 e. The van der Waals surface area contributed by atoms with Crippen LogP contribution in [-0.2, 0) is 5.41 Å². The Kier molecular flexibility index (Phi) is 6.05. The van der Waals surface area contributed by atoms with Gasteiger partial charge in [-0.1, -0.05) is 81.4 Å². The SMILES string of the molecule is CC(C)(C)c1cc(-c2cccc(-c3cc(-c4ccccc4)ccn3)c2)c2nc(-c3ccccc3O)sc2c1. The van der Waals surface area contributed by atoms with Crippen molar-refractivity contribution < 1.29 is 5.11 Å². The van der Waals surface area contributed by atoms with E-state index in [1.165, 1.54) is 11.1 Å². The van der Waals surface area contributed by atoms with Gasteiger partial charge in [-0.2, -0.15) is 0 Å². The molecule has 0 bridgehead atoms. The Morgan fingerprint density at radius 1 is 0.658 bits per heavy atom. The lowest BCUT2D eigenvalue weighted by Gasteiger charge is -2.20. The van der Waals surface area contributed by atoms with Crippen LogP contribution in [0.25, 0.3) is 54.3 Å². The summed E-state index contributed by atoms with van der Waals surface area (Å²) in [6.45, 7) is 6.70. The number of rotatable bonds is 4. The lowest BCUT2D eigenvalue weighted by molar-refractivity contribution is 0.477. The van der Waals surface area contributed by atoms with Gasteiger partial charge in [0, 0.05) is 17.3 Å². The third-order valence-electron chi connectivity index (χ3n) is 6.83. The molecule has 6 rings (SSSR count). The number of nitrogens with zero attached hydrogens (tertiary/aromatic N) is 2. The van der Waals surface area contributed by atoms with E-state index in [0.29, 0.717) is 0 Å². The summed E-state index contributed by atoms with van der Waals surface area (Å²) in [5.74, 6) is 0.246. The minimum atomic E-state index is -0.0227. The fourth-order valence-corrected chi connectivity index (χ4v) is 5.76. The molecule has 3 nitrogen and oxygen atoms in total. The lowest BCUT2D eigenvalue weighted by Crippen LogP contribution is -2.11. The monoisotopic (exact) mass is 512 g/mol. The third kappa shape index (κ3) is 4.59. The zero-order valence-electron chi connectivity index (χ0n) is 21.6. The van der Waals surface area contributed by atoms with Crippen LogP contribution in [0.4, 0.5) is 0 Å². The van der Waals surface area contributed by atoms with Gasteiger partial charge in [-0.05, 0) is 70.1 Å². The molecule has 2 heterocycles. The topological polar surface area (TPSA) is 46.0 Å². The fourth-order valence-electron chi connectivity index (χ4n) is 4.70. The number of phenols is 1. The molecule has 1 N–H and O–H groups in total. The van der Waals surface area contributed by atoms with E-state index in [2.05, 4.69) is 93.6 Å². The number of thiazole rings is 1. The summed E-state index contributed by atoms with van der Waals surface area (Å²) in [5.41, 5.74) is 9.43. The van der Waals surface area contributed by atoms with Crippen molar-refractivity contribution in [3.05, 3.63) is 115 Å². The Morgan fingerprint density at radius 3 is 2.18 bits per heavy atom. The van der Waals surface area contributed by atoms with Gasteiger partial charge in [0.2, 0.25) is 0 Å². The molecule has 2 aromatic heterocycles. The molecule has 0 fully saturated rings. The van der Waals surface area contributed by atoms with Gasteiger partial charge in [-0.3, -0.25) is 4.98 Å². The molecule has 0 radical (unpaired) electrons. The van der Waals surface area contributed by atoms with Gasteiger partial charge in [-0.15, -0.1) is 11.3 Å². The highest BCUT2D eigenvalue weighted by molar-refractivity contribution is 7.21. The van der Waals surface area contributed by atoms with Crippen molar-refractivity contribution in [2.45, 2.75) is 26.2 Å². The molecule has 0 spiro atoms. The van der Waals surface area contributed by atoms with Crippen LogP contribution < -0.4 is 0 Å². The molecule has 6 aromatic rings. The van der Waals surface area contributed by atoms with Crippen molar-refractivity contribution in [3.63, 3.8) is 0 Å². The average molecular weight is 513 g/mol. The van der Waals surface area contributed by atoms with E-state index in [4.69, 9.17) is 9.97 Å². The molecule has 0 unspecified atom stereocenters. The van der Waals surface area contributed by atoms with Crippen LogP contribution in [0.15, 0.2) is 109 Å². The molecule has 0 aliphatic carbocycles. The van der Waals surface area contributed by atoms with Gasteiger partial charge in [0.25, 0.3) is 0 Å². The molecule has 0 aliphatic heterocycles. The number of fused-ring (bicyclic) bond motifs is 1. The van der Waals surface area contributed by atoms with Crippen molar-refractivity contribution in [1.82, 2.24) is 9.97 Å². The van der Waals surface area contributed by atoms with Gasteiger partial charge >= 0.3 is 0 Å². The van der Waals surface area contributed by atoms with Crippen LogP contribution in [0, 0.1) is 0 Å². The summed E-state index contributed by atoms with van der Waals surface area (Å²) < 4.78 is 1.11. The number of hydrogen-bond acceptors (Lipinski definition) is 4. The number of aromatic nitrogens is 2. The summed E-state index contributed by atoms with van der Waals surface area (Å²) in [7, 11) is 0. The Morgan fingerprint density at radius 2 is 1.39 bits per heavy atom. The standard InChI is InChI=1S/C34H28N2OS/c1-34(2,3)26-20-28(32-31(21-26)38-33(36-32)27-14-7-8-15-30(27)37)24-12-9-13-25(18-24)29-19-23(16-17-35-29)22-10-5-4-6-11-22/h4-21,37H,1-3H3. The van der Waals surface area contributed by atoms with Gasteiger partial charge in [0.05, 0.1) is 21.5 Å². The van der Waals surface area contributed by atoms with Crippen molar-refractivity contribution in [2.75, 3.05) is 0 Å². The van der Waals surface area contributed by atoms with Crippen LogP contribution in [-0.4, -0.2) is 15.1 Å². The highest BCUT2D eigenvalue weighted by atomic mass is 32.1. The average Bonchev–Trinajstić information content (AvgIpc) is 3.37. The molecule has 0 saturated heterocycles. The Hall–Kier alpha value is -4.28. The first kappa shape index (κ1) is 24.1. The second-order valence-corrected chi connectivity index (χ2v) is 11.6. The first-order valence-electron chi connectivity index (χ1n) is 12.7. The third-order valence-corrected chi connectivity index (χ3v) is 7.87. The molecule has 38 heavy (non-hydrogen) atoms. The molecule has 0 atom stereocenters. The van der Waals surface area contributed by atoms with E-state index in [9.17, 15) is 5.11 Å². The van der Waals surface area contributed by atoms with Gasteiger partial charge < -0.3 is 5.11 Å². The smallest absolute Gasteiger partial charge is 0.128 e. The van der Waals surface area contributed by atoms with Crippen molar-refractivity contribution in [1.29, 1.82) is 0 Å². The molecular weight excluding hydrogens is 484 g/mol. The molecule has 0 saturated carbocycles. The zero-order valence-corrected chi connectivity index (χ0v) is 22.5. The van der Waals surface area contributed by atoms with Crippen LogP contribution in [0.1, 0.15) is 26.3 Å². The maximum atomic E-state index is 10.5. The van der Waals surface area contributed by atoms with Crippen LogP contribution in [0.3, 0.4) is 0 Å². The minimum Gasteiger partial charge on any atom is -0.507 e. The normalized spacial score (nSPS) is 11.7. The second-order valence-electron chi connectivity index (χ2n) is 10.5. The second kappa shape index (κ2) is 9.55. The number of para-hydroxylation sites is 1. The summed E-state index contributed by atoms with van der Waals surface area (Å²) >= 11 is 1.62. The predicted octanol–water partition coefficient (Wildman–Crippen LogP) is 9.36. The first-order chi connectivity index (χ1) is 18.4.